The molecule has 1 N–H and O–H groups in total. The average Bonchev–Trinajstić information content (AvgIpc) is 2.37. The number of benzene rings is 1. The summed E-state index contributed by atoms with van der Waals surface area (Å²) in [5, 5.41) is 3.04. The van der Waals surface area contributed by atoms with Crippen LogP contribution in [0.15, 0.2) is 24.3 Å². The van der Waals surface area contributed by atoms with E-state index in [9.17, 15) is 4.79 Å². The van der Waals surface area contributed by atoms with Crippen LogP contribution in [0.5, 0.6) is 0 Å². The van der Waals surface area contributed by atoms with E-state index in [1.54, 1.807) is 0 Å². The molecule has 1 aromatic carbocycles. The molecule has 0 heterocycles. The van der Waals surface area contributed by atoms with Crippen LogP contribution in [0.3, 0.4) is 0 Å². The Morgan fingerprint density at radius 3 is 2.18 bits per heavy atom. The first kappa shape index (κ1) is 14.0. The van der Waals surface area contributed by atoms with Crippen molar-refractivity contribution in [3.05, 3.63) is 35.4 Å². The largest absolute Gasteiger partial charge is 0.345 e. The summed E-state index contributed by atoms with van der Waals surface area (Å²) in [5.74, 6) is 0.395. The minimum absolute atomic E-state index is 0.0469. The molecular weight excluding hydrogens is 234 g/mol. The molecule has 0 fully saturated rings. The van der Waals surface area contributed by atoms with Crippen molar-refractivity contribution in [2.45, 2.75) is 39.2 Å². The van der Waals surface area contributed by atoms with E-state index in [-0.39, 0.29) is 11.4 Å². The quantitative estimate of drug-likeness (QED) is 0.800. The maximum absolute atomic E-state index is 12.1. The predicted molar refractivity (Wildman–Crippen MR) is 72.7 cm³/mol. The Balaban J connectivity index is 2.81. The van der Waals surface area contributed by atoms with Crippen LogP contribution in [0.25, 0.3) is 0 Å². The number of halogens is 1. The minimum Gasteiger partial charge on any atom is -0.345 e. The second-order valence-electron chi connectivity index (χ2n) is 4.44. The topological polar surface area (TPSA) is 29.1 Å². The number of hydrogen-bond acceptors (Lipinski definition) is 1. The lowest BCUT2D eigenvalue weighted by Gasteiger charge is -2.30. The molecule has 0 saturated carbocycles. The summed E-state index contributed by atoms with van der Waals surface area (Å²) in [7, 11) is 0. The monoisotopic (exact) mass is 253 g/mol. The van der Waals surface area contributed by atoms with Gasteiger partial charge in [0.2, 0.25) is 0 Å². The smallest absolute Gasteiger partial charge is 0.251 e. The van der Waals surface area contributed by atoms with E-state index in [1.165, 1.54) is 0 Å². The Morgan fingerprint density at radius 1 is 1.24 bits per heavy atom. The lowest BCUT2D eigenvalue weighted by Crippen LogP contribution is -2.49. The number of carbonyl (C=O) groups is 1. The predicted octanol–water partition coefficient (Wildman–Crippen LogP) is 3.52. The van der Waals surface area contributed by atoms with Gasteiger partial charge < -0.3 is 5.32 Å². The Morgan fingerprint density at radius 2 is 1.76 bits per heavy atom. The van der Waals surface area contributed by atoms with E-state index in [4.69, 9.17) is 11.6 Å². The molecule has 1 amide bonds. The van der Waals surface area contributed by atoms with Gasteiger partial charge in [-0.1, -0.05) is 31.5 Å². The first-order valence-electron chi connectivity index (χ1n) is 6.02. The van der Waals surface area contributed by atoms with Crippen molar-refractivity contribution in [1.29, 1.82) is 0 Å². The third-order valence-corrected chi connectivity index (χ3v) is 3.81. The van der Waals surface area contributed by atoms with Crippen LogP contribution < -0.4 is 5.32 Å². The number of rotatable bonds is 5. The van der Waals surface area contributed by atoms with Gasteiger partial charge in [0.1, 0.15) is 0 Å². The van der Waals surface area contributed by atoms with E-state index in [0.29, 0.717) is 11.4 Å². The second-order valence-corrected chi connectivity index (χ2v) is 4.71. The molecule has 0 radical (unpaired) electrons. The number of hydrogen-bond donors (Lipinski definition) is 1. The van der Waals surface area contributed by atoms with Crippen molar-refractivity contribution < 1.29 is 4.79 Å². The van der Waals surface area contributed by atoms with E-state index < -0.39 is 0 Å². The summed E-state index contributed by atoms with van der Waals surface area (Å²) in [6.07, 6.45) is 1.68. The van der Waals surface area contributed by atoms with E-state index in [1.807, 2.05) is 45.0 Å². The molecule has 0 aliphatic carbocycles. The first-order chi connectivity index (χ1) is 8.06. The molecule has 2 nitrogen and oxygen atoms in total. The van der Waals surface area contributed by atoms with Crippen molar-refractivity contribution in [3.63, 3.8) is 0 Å². The molecule has 0 spiro atoms. The van der Waals surface area contributed by atoms with Crippen molar-refractivity contribution in [3.8, 4) is 0 Å². The van der Waals surface area contributed by atoms with Crippen LogP contribution in [-0.4, -0.2) is 17.3 Å². The van der Waals surface area contributed by atoms with Crippen LogP contribution in [0.4, 0.5) is 0 Å². The van der Waals surface area contributed by atoms with Crippen molar-refractivity contribution >= 4 is 17.5 Å². The summed E-state index contributed by atoms with van der Waals surface area (Å²) in [6.45, 7) is 6.09. The summed E-state index contributed by atoms with van der Waals surface area (Å²) in [6, 6.07) is 7.56. The van der Waals surface area contributed by atoms with Gasteiger partial charge in [-0.15, -0.1) is 11.6 Å². The lowest BCUT2D eigenvalue weighted by molar-refractivity contribution is 0.0902. The fourth-order valence-corrected chi connectivity index (χ4v) is 2.11. The molecule has 0 bridgehead atoms. The molecule has 94 valence electrons. The van der Waals surface area contributed by atoms with Crippen LogP contribution in [0, 0.1) is 6.92 Å². The molecule has 0 aliphatic heterocycles. The van der Waals surface area contributed by atoms with Gasteiger partial charge in [0.05, 0.1) is 5.54 Å². The fourth-order valence-electron chi connectivity index (χ4n) is 1.67. The zero-order valence-corrected chi connectivity index (χ0v) is 11.5. The SMILES string of the molecule is CCC(CC)(CCl)NC(=O)c1ccc(C)cc1. The van der Waals surface area contributed by atoms with Crippen LogP contribution in [0.1, 0.15) is 42.6 Å². The first-order valence-corrected chi connectivity index (χ1v) is 6.55. The van der Waals surface area contributed by atoms with E-state index in [0.717, 1.165) is 18.4 Å². The number of aryl methyl sites for hydroxylation is 1. The standard InChI is InChI=1S/C14H20ClNO/c1-4-14(5-2,10-15)16-13(17)12-8-6-11(3)7-9-12/h6-9H,4-5,10H2,1-3H3,(H,16,17). The van der Waals surface area contributed by atoms with Crippen molar-refractivity contribution in [2.24, 2.45) is 0 Å². The second kappa shape index (κ2) is 6.06. The summed E-state index contributed by atoms with van der Waals surface area (Å²) in [4.78, 5) is 12.1. The molecule has 0 aromatic heterocycles. The van der Waals surface area contributed by atoms with Gasteiger partial charge in [-0.25, -0.2) is 0 Å². The Bertz CT molecular complexity index is 360. The summed E-state index contributed by atoms with van der Waals surface area (Å²) >= 11 is 5.97. The molecule has 0 aliphatic rings. The van der Waals surface area contributed by atoms with Gasteiger partial charge in [0, 0.05) is 11.4 Å². The highest BCUT2D eigenvalue weighted by Gasteiger charge is 2.27. The van der Waals surface area contributed by atoms with E-state index in [2.05, 4.69) is 5.32 Å². The number of alkyl halides is 1. The molecule has 0 atom stereocenters. The minimum atomic E-state index is -0.288. The average molecular weight is 254 g/mol. The number of nitrogens with one attached hydrogen (secondary N) is 1. The van der Waals surface area contributed by atoms with Gasteiger partial charge >= 0.3 is 0 Å². The Labute approximate surface area is 108 Å². The maximum Gasteiger partial charge on any atom is 0.251 e. The third-order valence-electron chi connectivity index (χ3n) is 3.30. The Hall–Kier alpha value is -1.02. The van der Waals surface area contributed by atoms with Gasteiger partial charge in [-0.2, -0.15) is 0 Å². The van der Waals surface area contributed by atoms with Crippen molar-refractivity contribution in [2.75, 3.05) is 5.88 Å². The van der Waals surface area contributed by atoms with E-state index >= 15 is 0 Å². The normalized spacial score (nSPS) is 11.3. The van der Waals surface area contributed by atoms with Crippen LogP contribution >= 0.6 is 11.6 Å². The Kier molecular flexibility index (Phi) is 5.01. The zero-order chi connectivity index (χ0) is 12.9. The highest BCUT2D eigenvalue weighted by molar-refractivity contribution is 6.18. The zero-order valence-electron chi connectivity index (χ0n) is 10.7. The summed E-state index contributed by atoms with van der Waals surface area (Å²) < 4.78 is 0. The highest BCUT2D eigenvalue weighted by atomic mass is 35.5. The van der Waals surface area contributed by atoms with Gasteiger partial charge in [-0.05, 0) is 31.9 Å². The summed E-state index contributed by atoms with van der Waals surface area (Å²) in [5.41, 5.74) is 1.55. The highest BCUT2D eigenvalue weighted by Crippen LogP contribution is 2.18. The van der Waals surface area contributed by atoms with Gasteiger partial charge in [0.15, 0.2) is 0 Å². The number of carbonyl (C=O) groups excluding carboxylic acids is 1. The van der Waals surface area contributed by atoms with Gasteiger partial charge in [0.25, 0.3) is 5.91 Å². The van der Waals surface area contributed by atoms with Gasteiger partial charge in [-0.3, -0.25) is 4.79 Å². The molecule has 17 heavy (non-hydrogen) atoms. The molecule has 0 unspecified atom stereocenters. The molecule has 1 aromatic rings. The third kappa shape index (κ3) is 3.47. The lowest BCUT2D eigenvalue weighted by atomic mass is 9.94. The van der Waals surface area contributed by atoms with Crippen LogP contribution in [-0.2, 0) is 0 Å². The number of amides is 1. The molecular formula is C14H20ClNO. The van der Waals surface area contributed by atoms with Crippen molar-refractivity contribution in [1.82, 2.24) is 5.32 Å². The molecule has 1 rings (SSSR count). The molecule has 3 heteroatoms. The van der Waals surface area contributed by atoms with Crippen LogP contribution in [0.2, 0.25) is 0 Å². The fraction of sp³-hybridized carbons (Fsp3) is 0.500. The molecule has 0 saturated heterocycles. The maximum atomic E-state index is 12.1.